The summed E-state index contributed by atoms with van der Waals surface area (Å²) in [7, 11) is 0. The summed E-state index contributed by atoms with van der Waals surface area (Å²) in [6.45, 7) is 0.318. The number of carbonyl (C=O) groups excluding carboxylic acids is 1. The van der Waals surface area contributed by atoms with Crippen molar-refractivity contribution in [1.82, 2.24) is 9.99 Å². The predicted molar refractivity (Wildman–Crippen MR) is 113 cm³/mol. The highest BCUT2D eigenvalue weighted by Crippen LogP contribution is 2.24. The number of hydrogen-bond acceptors (Lipinski definition) is 3. The van der Waals surface area contributed by atoms with E-state index in [1.54, 1.807) is 42.6 Å². The lowest BCUT2D eigenvalue weighted by Crippen LogP contribution is -2.30. The Balaban J connectivity index is 1.75. The van der Waals surface area contributed by atoms with Crippen molar-refractivity contribution in [2.45, 2.75) is 6.54 Å². The second kappa shape index (κ2) is 9.06. The van der Waals surface area contributed by atoms with E-state index in [0.717, 1.165) is 5.56 Å². The molecule has 3 aromatic rings. The van der Waals surface area contributed by atoms with E-state index in [1.165, 1.54) is 16.8 Å². The first kappa shape index (κ1) is 20.1. The average molecular weight is 435 g/mol. The van der Waals surface area contributed by atoms with E-state index in [-0.39, 0.29) is 5.56 Å². The number of pyridine rings is 1. The summed E-state index contributed by atoms with van der Waals surface area (Å²) in [4.78, 5) is 24.9. The van der Waals surface area contributed by atoms with Crippen molar-refractivity contribution in [3.05, 3.63) is 103 Å². The third-order valence-corrected chi connectivity index (χ3v) is 4.97. The van der Waals surface area contributed by atoms with Crippen molar-refractivity contribution < 1.29 is 4.79 Å². The van der Waals surface area contributed by atoms with Crippen LogP contribution in [0.2, 0.25) is 15.1 Å². The van der Waals surface area contributed by atoms with E-state index >= 15 is 0 Å². The van der Waals surface area contributed by atoms with Crippen LogP contribution in [0.3, 0.4) is 0 Å². The molecule has 1 aromatic heterocycles. The molecule has 1 amide bonds. The number of carbonyl (C=O) groups is 1. The van der Waals surface area contributed by atoms with Gasteiger partial charge in [0.15, 0.2) is 0 Å². The largest absolute Gasteiger partial charge is 0.310 e. The third-order valence-electron chi connectivity index (χ3n) is 3.88. The van der Waals surface area contributed by atoms with Crippen molar-refractivity contribution in [2.75, 3.05) is 0 Å². The van der Waals surface area contributed by atoms with Gasteiger partial charge in [0.25, 0.3) is 11.5 Å². The highest BCUT2D eigenvalue weighted by molar-refractivity contribution is 6.43. The van der Waals surface area contributed by atoms with E-state index in [2.05, 4.69) is 10.5 Å². The normalized spacial score (nSPS) is 11.0. The summed E-state index contributed by atoms with van der Waals surface area (Å²) in [6.07, 6.45) is 2.98. The van der Waals surface area contributed by atoms with E-state index in [1.807, 2.05) is 12.1 Å². The lowest BCUT2D eigenvalue weighted by molar-refractivity contribution is 0.0953. The Labute approximate surface area is 176 Å². The van der Waals surface area contributed by atoms with Crippen LogP contribution in [0.25, 0.3) is 0 Å². The summed E-state index contributed by atoms with van der Waals surface area (Å²) in [6, 6.07) is 15.3. The van der Waals surface area contributed by atoms with Gasteiger partial charge in [-0.05, 0) is 35.9 Å². The SMILES string of the molecule is O=C(N/N=C\c1cccc(Cl)c1Cl)c1cccn(Cc2ccc(Cl)cc2)c1=O. The minimum Gasteiger partial charge on any atom is -0.310 e. The summed E-state index contributed by atoms with van der Waals surface area (Å²) < 4.78 is 1.44. The maximum Gasteiger partial charge on any atom is 0.276 e. The lowest BCUT2D eigenvalue weighted by atomic mass is 10.2. The first-order valence-electron chi connectivity index (χ1n) is 8.17. The van der Waals surface area contributed by atoms with Gasteiger partial charge in [0.05, 0.1) is 22.8 Å². The van der Waals surface area contributed by atoms with Crippen LogP contribution in [0.4, 0.5) is 0 Å². The summed E-state index contributed by atoms with van der Waals surface area (Å²) in [5.74, 6) is -0.621. The van der Waals surface area contributed by atoms with Gasteiger partial charge in [0.1, 0.15) is 5.56 Å². The number of halogens is 3. The van der Waals surface area contributed by atoms with Gasteiger partial charge >= 0.3 is 0 Å². The van der Waals surface area contributed by atoms with Gasteiger partial charge in [-0.3, -0.25) is 9.59 Å². The molecule has 0 fully saturated rings. The Morgan fingerprint density at radius 2 is 1.79 bits per heavy atom. The van der Waals surface area contributed by atoms with Gasteiger partial charge in [0, 0.05) is 16.8 Å². The number of nitrogens with zero attached hydrogens (tertiary/aromatic N) is 2. The molecule has 0 aliphatic carbocycles. The van der Waals surface area contributed by atoms with Crippen LogP contribution in [-0.4, -0.2) is 16.7 Å². The molecule has 0 atom stereocenters. The lowest BCUT2D eigenvalue weighted by Gasteiger charge is -2.08. The summed E-state index contributed by atoms with van der Waals surface area (Å²) in [5, 5.41) is 5.17. The molecule has 5 nitrogen and oxygen atoms in total. The Bertz CT molecular complexity index is 1090. The van der Waals surface area contributed by atoms with Crippen LogP contribution in [0.5, 0.6) is 0 Å². The molecule has 3 rings (SSSR count). The van der Waals surface area contributed by atoms with Crippen LogP contribution in [0.1, 0.15) is 21.5 Å². The Kier molecular flexibility index (Phi) is 6.52. The summed E-state index contributed by atoms with van der Waals surface area (Å²) in [5.41, 5.74) is 3.31. The van der Waals surface area contributed by atoms with E-state index in [0.29, 0.717) is 27.2 Å². The van der Waals surface area contributed by atoms with Gasteiger partial charge in [-0.2, -0.15) is 5.10 Å². The molecule has 2 aromatic carbocycles. The number of rotatable bonds is 5. The molecule has 0 saturated heterocycles. The maximum atomic E-state index is 12.6. The molecule has 142 valence electrons. The van der Waals surface area contributed by atoms with E-state index in [4.69, 9.17) is 34.8 Å². The van der Waals surface area contributed by atoms with Gasteiger partial charge in [-0.1, -0.05) is 59.1 Å². The Hall–Kier alpha value is -2.60. The molecule has 0 spiro atoms. The van der Waals surface area contributed by atoms with Gasteiger partial charge < -0.3 is 4.57 Å². The smallest absolute Gasteiger partial charge is 0.276 e. The van der Waals surface area contributed by atoms with Gasteiger partial charge in [-0.15, -0.1) is 0 Å². The molecule has 8 heteroatoms. The molecule has 0 bridgehead atoms. The second-order valence-electron chi connectivity index (χ2n) is 5.82. The molecular weight excluding hydrogens is 421 g/mol. The molecule has 1 heterocycles. The average Bonchev–Trinajstić information content (AvgIpc) is 2.68. The molecule has 0 radical (unpaired) electrons. The Morgan fingerprint density at radius 3 is 2.54 bits per heavy atom. The van der Waals surface area contributed by atoms with Crippen molar-refractivity contribution in [2.24, 2.45) is 5.10 Å². The first-order valence-corrected chi connectivity index (χ1v) is 9.30. The van der Waals surface area contributed by atoms with Crippen molar-refractivity contribution in [1.29, 1.82) is 0 Å². The molecule has 1 N–H and O–H groups in total. The fraction of sp³-hybridized carbons (Fsp3) is 0.0500. The van der Waals surface area contributed by atoms with Crippen LogP contribution in [-0.2, 0) is 6.54 Å². The van der Waals surface area contributed by atoms with Crippen molar-refractivity contribution in [3.8, 4) is 0 Å². The monoisotopic (exact) mass is 433 g/mol. The number of benzene rings is 2. The highest BCUT2D eigenvalue weighted by atomic mass is 35.5. The summed E-state index contributed by atoms with van der Waals surface area (Å²) >= 11 is 17.9. The molecule has 0 aliphatic rings. The topological polar surface area (TPSA) is 63.5 Å². The van der Waals surface area contributed by atoms with Crippen LogP contribution < -0.4 is 11.0 Å². The second-order valence-corrected chi connectivity index (χ2v) is 7.05. The Morgan fingerprint density at radius 1 is 1.04 bits per heavy atom. The number of hydrazone groups is 1. The zero-order valence-corrected chi connectivity index (χ0v) is 16.7. The highest BCUT2D eigenvalue weighted by Gasteiger charge is 2.12. The van der Waals surface area contributed by atoms with E-state index in [9.17, 15) is 9.59 Å². The number of amides is 1. The zero-order valence-electron chi connectivity index (χ0n) is 14.4. The molecule has 0 unspecified atom stereocenters. The predicted octanol–water partition coefficient (Wildman–Crippen LogP) is 4.62. The van der Waals surface area contributed by atoms with Crippen molar-refractivity contribution >= 4 is 46.9 Å². The maximum absolute atomic E-state index is 12.6. The number of aromatic nitrogens is 1. The van der Waals surface area contributed by atoms with Crippen molar-refractivity contribution in [3.63, 3.8) is 0 Å². The van der Waals surface area contributed by atoms with Crippen LogP contribution >= 0.6 is 34.8 Å². The quantitative estimate of drug-likeness (QED) is 0.470. The number of hydrogen-bond donors (Lipinski definition) is 1. The number of nitrogens with one attached hydrogen (secondary N) is 1. The standard InChI is InChI=1S/C20H14Cl3N3O2/c21-15-8-6-13(7-9-15)12-26-10-2-4-16(20(26)28)19(27)25-24-11-14-3-1-5-17(22)18(14)23/h1-11H,12H2,(H,25,27)/b24-11-. The molecule has 28 heavy (non-hydrogen) atoms. The molecule has 0 saturated carbocycles. The van der Waals surface area contributed by atoms with Crippen LogP contribution in [0, 0.1) is 0 Å². The molecular formula is C20H14Cl3N3O2. The first-order chi connectivity index (χ1) is 13.5. The van der Waals surface area contributed by atoms with Gasteiger partial charge in [0.2, 0.25) is 0 Å². The third kappa shape index (κ3) is 4.81. The van der Waals surface area contributed by atoms with E-state index < -0.39 is 11.5 Å². The molecule has 0 aliphatic heterocycles. The van der Waals surface area contributed by atoms with Gasteiger partial charge in [-0.25, -0.2) is 5.43 Å². The minimum absolute atomic E-state index is 0.0224. The minimum atomic E-state index is -0.621. The van der Waals surface area contributed by atoms with Crippen LogP contribution in [0.15, 0.2) is 70.7 Å². The fourth-order valence-electron chi connectivity index (χ4n) is 2.46. The fourth-order valence-corrected chi connectivity index (χ4v) is 2.94. The zero-order chi connectivity index (χ0) is 20.1.